The van der Waals surface area contributed by atoms with Gasteiger partial charge in [0.25, 0.3) is 10.0 Å². The van der Waals surface area contributed by atoms with E-state index in [2.05, 4.69) is 14.4 Å². The summed E-state index contributed by atoms with van der Waals surface area (Å²) >= 11 is 0. The second-order valence-electron chi connectivity index (χ2n) is 5.88. The lowest BCUT2D eigenvalue weighted by atomic mass is 10.3. The second kappa shape index (κ2) is 4.77. The van der Waals surface area contributed by atoms with Crippen LogP contribution in [0, 0.1) is 5.92 Å². The first-order valence-electron chi connectivity index (χ1n) is 6.85. The lowest BCUT2D eigenvalue weighted by Gasteiger charge is -2.19. The fourth-order valence-corrected chi connectivity index (χ4v) is 5.30. The van der Waals surface area contributed by atoms with Crippen LogP contribution in [0.5, 0.6) is 0 Å². The Labute approximate surface area is 129 Å². The van der Waals surface area contributed by atoms with E-state index in [1.165, 1.54) is 6.07 Å². The van der Waals surface area contributed by atoms with E-state index in [0.717, 1.165) is 0 Å². The van der Waals surface area contributed by atoms with Crippen molar-refractivity contribution in [3.63, 3.8) is 0 Å². The molecule has 1 aliphatic heterocycles. The molecule has 1 aromatic rings. The van der Waals surface area contributed by atoms with Crippen LogP contribution in [-0.4, -0.2) is 34.0 Å². The molecule has 0 radical (unpaired) electrons. The molecule has 2 aliphatic rings. The predicted octanol–water partition coefficient (Wildman–Crippen LogP) is 0.917. The van der Waals surface area contributed by atoms with Gasteiger partial charge in [0.1, 0.15) is 10.7 Å². The van der Waals surface area contributed by atoms with E-state index in [1.54, 1.807) is 25.1 Å². The molecule has 1 aromatic carbocycles. The molecular weight excluding hydrogens is 326 g/mol. The number of rotatable bonds is 4. The average Bonchev–Trinajstić information content (AvgIpc) is 3.06. The van der Waals surface area contributed by atoms with Crippen LogP contribution in [0.15, 0.2) is 33.6 Å². The highest BCUT2D eigenvalue weighted by molar-refractivity contribution is 7.91. The van der Waals surface area contributed by atoms with Gasteiger partial charge in [0.15, 0.2) is 0 Å². The quantitative estimate of drug-likeness (QED) is 0.846. The van der Waals surface area contributed by atoms with E-state index in [4.69, 9.17) is 0 Å². The first-order valence-corrected chi connectivity index (χ1v) is 9.77. The van der Waals surface area contributed by atoms with Gasteiger partial charge < -0.3 is 5.32 Å². The number of anilines is 1. The molecule has 0 saturated heterocycles. The third-order valence-corrected chi connectivity index (χ3v) is 8.01. The minimum absolute atomic E-state index is 0.0687. The molecule has 2 N–H and O–H groups in total. The highest BCUT2D eigenvalue weighted by Crippen LogP contribution is 2.48. The Morgan fingerprint density at radius 3 is 2.68 bits per heavy atom. The number of amidine groups is 1. The van der Waals surface area contributed by atoms with Crippen LogP contribution in [0.1, 0.15) is 20.3 Å². The Hall–Kier alpha value is -1.45. The van der Waals surface area contributed by atoms with E-state index in [9.17, 15) is 16.8 Å². The van der Waals surface area contributed by atoms with E-state index < -0.39 is 24.8 Å². The van der Waals surface area contributed by atoms with Gasteiger partial charge in [0, 0.05) is 0 Å². The molecule has 0 spiro atoms. The maximum Gasteiger partial charge on any atom is 0.286 e. The summed E-state index contributed by atoms with van der Waals surface area (Å²) in [6, 6.07) is 6.37. The maximum absolute atomic E-state index is 12.2. The van der Waals surface area contributed by atoms with Crippen LogP contribution in [0.4, 0.5) is 5.69 Å². The number of sulfonamides is 2. The molecule has 1 saturated carbocycles. The van der Waals surface area contributed by atoms with Crippen LogP contribution in [0.25, 0.3) is 0 Å². The van der Waals surface area contributed by atoms with E-state index in [1.807, 2.05) is 6.92 Å². The van der Waals surface area contributed by atoms with Crippen LogP contribution in [0.2, 0.25) is 0 Å². The lowest BCUT2D eigenvalue weighted by Crippen LogP contribution is -2.41. The third-order valence-electron chi connectivity index (χ3n) is 4.31. The molecule has 0 bridgehead atoms. The van der Waals surface area contributed by atoms with E-state index in [0.29, 0.717) is 12.1 Å². The Morgan fingerprint density at radius 1 is 1.41 bits per heavy atom. The summed E-state index contributed by atoms with van der Waals surface area (Å²) in [4.78, 5) is 0.0874. The van der Waals surface area contributed by atoms with Gasteiger partial charge in [-0.15, -0.1) is 4.40 Å². The Morgan fingerprint density at radius 2 is 2.05 bits per heavy atom. The zero-order valence-electron chi connectivity index (χ0n) is 12.2. The number of nitrogens with one attached hydrogen (secondary N) is 2. The number of para-hydroxylation sites is 1. The highest BCUT2D eigenvalue weighted by Gasteiger charge is 2.57. The first kappa shape index (κ1) is 15.4. The topological polar surface area (TPSA) is 105 Å². The zero-order chi connectivity index (χ0) is 16.2. The number of fused-ring (bicyclic) bond motifs is 1. The van der Waals surface area contributed by atoms with E-state index in [-0.39, 0.29) is 23.2 Å². The smallest absolute Gasteiger partial charge is 0.286 e. The summed E-state index contributed by atoms with van der Waals surface area (Å²) in [5, 5.41) is 2.85. The fraction of sp³-hybridized carbons (Fsp3) is 0.462. The molecule has 3 rings (SSSR count). The normalized spacial score (nSPS) is 29.2. The van der Waals surface area contributed by atoms with Gasteiger partial charge in [-0.2, -0.15) is 8.42 Å². The third kappa shape index (κ3) is 2.42. The number of hydrogen-bond acceptors (Lipinski definition) is 5. The molecule has 1 heterocycles. The average molecular weight is 343 g/mol. The largest absolute Gasteiger partial charge is 0.341 e. The summed E-state index contributed by atoms with van der Waals surface area (Å²) in [6.45, 7) is 3.37. The summed E-state index contributed by atoms with van der Waals surface area (Å²) in [5.41, 5.74) is 0.401. The molecule has 0 amide bonds. The molecule has 0 aromatic heterocycles. The SMILES string of the molecule is C[C@@H]1C[C@@]1(C)S(=O)(=O)NCC1=NS(=O)(=O)c2ccccc2N1. The minimum Gasteiger partial charge on any atom is -0.341 e. The van der Waals surface area contributed by atoms with Gasteiger partial charge in [0.05, 0.1) is 17.0 Å². The molecule has 9 heteroatoms. The first-order chi connectivity index (χ1) is 10.2. The number of hydrogen-bond donors (Lipinski definition) is 2. The monoisotopic (exact) mass is 343 g/mol. The van der Waals surface area contributed by atoms with Crippen molar-refractivity contribution >= 4 is 31.6 Å². The van der Waals surface area contributed by atoms with Crippen molar-refractivity contribution in [3.8, 4) is 0 Å². The highest BCUT2D eigenvalue weighted by atomic mass is 32.2. The molecule has 2 atom stereocenters. The zero-order valence-corrected chi connectivity index (χ0v) is 13.8. The number of nitrogens with zero attached hydrogens (tertiary/aromatic N) is 1. The van der Waals surface area contributed by atoms with Gasteiger partial charge >= 0.3 is 0 Å². The molecule has 7 nitrogen and oxygen atoms in total. The minimum atomic E-state index is -3.80. The van der Waals surface area contributed by atoms with Crippen molar-refractivity contribution in [1.82, 2.24) is 4.72 Å². The second-order valence-corrected chi connectivity index (χ2v) is 9.68. The van der Waals surface area contributed by atoms with Crippen molar-refractivity contribution in [2.24, 2.45) is 10.3 Å². The Kier molecular flexibility index (Phi) is 3.35. The van der Waals surface area contributed by atoms with Gasteiger partial charge in [-0.1, -0.05) is 19.1 Å². The van der Waals surface area contributed by atoms with Gasteiger partial charge in [-0.25, -0.2) is 13.1 Å². The fourth-order valence-electron chi connectivity index (χ4n) is 2.50. The van der Waals surface area contributed by atoms with Crippen molar-refractivity contribution in [3.05, 3.63) is 24.3 Å². The van der Waals surface area contributed by atoms with Crippen molar-refractivity contribution in [2.45, 2.75) is 29.9 Å². The van der Waals surface area contributed by atoms with Crippen LogP contribution < -0.4 is 10.0 Å². The van der Waals surface area contributed by atoms with E-state index >= 15 is 0 Å². The maximum atomic E-state index is 12.2. The van der Waals surface area contributed by atoms with Crippen molar-refractivity contribution < 1.29 is 16.8 Å². The molecule has 1 fully saturated rings. The Bertz CT molecular complexity index is 861. The standard InChI is InChI=1S/C13H17N3O4S2/c1-9-7-13(9,2)22(19,20)14-8-12-15-10-5-3-4-6-11(10)21(17,18)16-12/h3-6,9,14H,7-8H2,1-2H3,(H,15,16)/t9-,13-/m1/s1. The van der Waals surface area contributed by atoms with Gasteiger partial charge in [0.2, 0.25) is 10.0 Å². The van der Waals surface area contributed by atoms with Crippen molar-refractivity contribution in [2.75, 3.05) is 11.9 Å². The lowest BCUT2D eigenvalue weighted by molar-refractivity contribution is 0.566. The molecular formula is C13H17N3O4S2. The summed E-state index contributed by atoms with van der Waals surface area (Å²) in [7, 11) is -7.31. The molecule has 120 valence electrons. The Balaban J connectivity index is 1.80. The summed E-state index contributed by atoms with van der Waals surface area (Å²) < 4.78 is 53.9. The van der Waals surface area contributed by atoms with Gasteiger partial charge in [-0.05, 0) is 31.4 Å². The predicted molar refractivity (Wildman–Crippen MR) is 83.8 cm³/mol. The molecule has 1 aliphatic carbocycles. The van der Waals surface area contributed by atoms with Crippen LogP contribution >= 0.6 is 0 Å². The molecule has 22 heavy (non-hydrogen) atoms. The number of benzene rings is 1. The van der Waals surface area contributed by atoms with Crippen LogP contribution in [-0.2, 0) is 20.0 Å². The summed E-state index contributed by atoms with van der Waals surface area (Å²) in [6.07, 6.45) is 0.601. The van der Waals surface area contributed by atoms with Gasteiger partial charge in [-0.3, -0.25) is 0 Å². The van der Waals surface area contributed by atoms with Crippen molar-refractivity contribution in [1.29, 1.82) is 0 Å². The summed E-state index contributed by atoms with van der Waals surface area (Å²) in [5.74, 6) is 0.162. The van der Waals surface area contributed by atoms with Crippen LogP contribution in [0.3, 0.4) is 0 Å². The molecule has 0 unspecified atom stereocenters.